The Kier molecular flexibility index (Phi) is 5.76. The van der Waals surface area contributed by atoms with E-state index in [1.54, 1.807) is 26.0 Å². The molecule has 1 atom stereocenters. The fourth-order valence-electron chi connectivity index (χ4n) is 2.15. The molecule has 2 rings (SSSR count). The average Bonchev–Trinajstić information content (AvgIpc) is 2.96. The number of carbonyl (C=O) groups excluding carboxylic acids is 2. The highest BCUT2D eigenvalue weighted by Gasteiger charge is 2.50. The Labute approximate surface area is 148 Å². The molecule has 0 N–H and O–H groups in total. The quantitative estimate of drug-likeness (QED) is 0.541. The van der Waals surface area contributed by atoms with Crippen molar-refractivity contribution in [2.75, 3.05) is 18.8 Å². The van der Waals surface area contributed by atoms with Crippen LogP contribution in [0.25, 0.3) is 0 Å². The second-order valence-corrected chi connectivity index (χ2v) is 8.48. The number of hydrogen-bond donors (Lipinski definition) is 0. The number of rotatable bonds is 5. The van der Waals surface area contributed by atoms with Gasteiger partial charge in [-0.05, 0) is 20.8 Å². The van der Waals surface area contributed by atoms with Gasteiger partial charge in [0, 0.05) is 13.1 Å². The predicted molar refractivity (Wildman–Crippen MR) is 98.0 cm³/mol. The summed E-state index contributed by atoms with van der Waals surface area (Å²) in [5.41, 5.74) is 0. The highest BCUT2D eigenvalue weighted by Crippen LogP contribution is 2.28. The third kappa shape index (κ3) is 3.36. The minimum Gasteiger partial charge on any atom is -0.285 e. The van der Waals surface area contributed by atoms with Gasteiger partial charge >= 0.3 is 0 Å². The summed E-state index contributed by atoms with van der Waals surface area (Å²) in [6.45, 7) is 9.34. The maximum absolute atomic E-state index is 12.6. The van der Waals surface area contributed by atoms with Crippen molar-refractivity contribution < 1.29 is 13.8 Å². The first-order valence-electron chi connectivity index (χ1n) is 7.39. The molecule has 1 unspecified atom stereocenters. The molecule has 0 aromatic carbocycles. The maximum Gasteiger partial charge on any atom is 0.247 e. The fraction of sp³-hybridized carbons (Fsp3) is 0.467. The molecule has 24 heavy (non-hydrogen) atoms. The van der Waals surface area contributed by atoms with Crippen LogP contribution in [0.15, 0.2) is 35.0 Å². The molecule has 2 aliphatic heterocycles. The highest BCUT2D eigenvalue weighted by atomic mass is 32.2. The predicted octanol–water partition coefficient (Wildman–Crippen LogP) is 1.32. The zero-order valence-electron chi connectivity index (χ0n) is 13.9. The van der Waals surface area contributed by atoms with Gasteiger partial charge in [-0.1, -0.05) is 30.0 Å². The number of carbonyl (C=O) groups is 2. The van der Waals surface area contributed by atoms with Gasteiger partial charge in [-0.3, -0.25) is 23.6 Å². The Hall–Kier alpha value is -1.74. The topological polar surface area (TPSA) is 82.4 Å². The third-order valence-electron chi connectivity index (χ3n) is 3.53. The molecule has 2 heterocycles. The van der Waals surface area contributed by atoms with Crippen molar-refractivity contribution in [2.45, 2.75) is 25.5 Å². The monoisotopic (exact) mass is 368 g/mol. The molecule has 0 saturated carbocycles. The van der Waals surface area contributed by atoms with E-state index in [0.717, 1.165) is 0 Å². The molecule has 2 amide bonds. The van der Waals surface area contributed by atoms with Gasteiger partial charge in [0.1, 0.15) is 15.5 Å². The van der Waals surface area contributed by atoms with Crippen molar-refractivity contribution in [3.05, 3.63) is 24.8 Å². The van der Waals surface area contributed by atoms with E-state index in [2.05, 4.69) is 16.8 Å². The SMILES string of the molecule is C=CCN1C(=O)CSC1=NN=C1N(CC=CC)C(=O)C(C)(C)S1=O. The van der Waals surface area contributed by atoms with Gasteiger partial charge in [-0.25, -0.2) is 0 Å². The number of thioether (sulfide) groups is 1. The third-order valence-corrected chi connectivity index (χ3v) is 6.22. The molecule has 2 fully saturated rings. The van der Waals surface area contributed by atoms with E-state index in [9.17, 15) is 13.8 Å². The number of amidine groups is 2. The number of hydrogen-bond acceptors (Lipinski definition) is 6. The lowest BCUT2D eigenvalue weighted by Crippen LogP contribution is -2.36. The van der Waals surface area contributed by atoms with Crippen LogP contribution in [-0.2, 0) is 20.4 Å². The summed E-state index contributed by atoms with van der Waals surface area (Å²) in [5, 5.41) is 8.68. The Morgan fingerprint density at radius 1 is 1.29 bits per heavy atom. The number of nitrogens with zero attached hydrogens (tertiary/aromatic N) is 4. The first-order chi connectivity index (χ1) is 11.3. The normalized spacial score (nSPS) is 27.2. The van der Waals surface area contributed by atoms with E-state index in [1.165, 1.54) is 21.6 Å². The lowest BCUT2D eigenvalue weighted by Gasteiger charge is -2.15. The Morgan fingerprint density at radius 2 is 2.00 bits per heavy atom. The molecule has 0 aromatic heterocycles. The van der Waals surface area contributed by atoms with Crippen molar-refractivity contribution in [3.8, 4) is 0 Å². The molecule has 9 heteroatoms. The molecule has 0 aliphatic carbocycles. The van der Waals surface area contributed by atoms with E-state index < -0.39 is 15.5 Å². The molecule has 0 spiro atoms. The zero-order chi connectivity index (χ0) is 17.9. The summed E-state index contributed by atoms with van der Waals surface area (Å²) >= 11 is 1.26. The molecule has 130 valence electrons. The van der Waals surface area contributed by atoms with Gasteiger partial charge in [0.05, 0.1) is 5.75 Å². The first kappa shape index (κ1) is 18.6. The fourth-order valence-corrected chi connectivity index (χ4v) is 4.19. The Morgan fingerprint density at radius 3 is 2.62 bits per heavy atom. The van der Waals surface area contributed by atoms with E-state index in [-0.39, 0.29) is 29.3 Å². The van der Waals surface area contributed by atoms with Gasteiger partial charge in [-0.15, -0.1) is 16.8 Å². The van der Waals surface area contributed by atoms with Gasteiger partial charge in [0.15, 0.2) is 5.17 Å². The summed E-state index contributed by atoms with van der Waals surface area (Å²) in [6.07, 6.45) is 5.20. The van der Waals surface area contributed by atoms with Crippen LogP contribution in [0.3, 0.4) is 0 Å². The van der Waals surface area contributed by atoms with Crippen LogP contribution >= 0.6 is 11.8 Å². The first-order valence-corrected chi connectivity index (χ1v) is 9.52. The van der Waals surface area contributed by atoms with E-state index in [1.807, 2.05) is 13.0 Å². The molecular weight excluding hydrogens is 348 g/mol. The van der Waals surface area contributed by atoms with E-state index in [4.69, 9.17) is 0 Å². The molecule has 7 nitrogen and oxygen atoms in total. The zero-order valence-corrected chi connectivity index (χ0v) is 15.5. The minimum absolute atomic E-state index is 0.0754. The molecule has 0 radical (unpaired) electrons. The minimum atomic E-state index is -1.61. The summed E-state index contributed by atoms with van der Waals surface area (Å²) < 4.78 is 11.6. The summed E-state index contributed by atoms with van der Waals surface area (Å²) in [6, 6.07) is 0. The summed E-state index contributed by atoms with van der Waals surface area (Å²) in [4.78, 5) is 27.1. The Balaban J connectivity index is 2.36. The van der Waals surface area contributed by atoms with Gasteiger partial charge < -0.3 is 0 Å². The van der Waals surface area contributed by atoms with Gasteiger partial charge in [0.25, 0.3) is 0 Å². The molecule has 0 aromatic rings. The number of allylic oxidation sites excluding steroid dienone is 1. The van der Waals surface area contributed by atoms with Crippen LogP contribution in [0.5, 0.6) is 0 Å². The molecule has 2 saturated heterocycles. The van der Waals surface area contributed by atoms with E-state index >= 15 is 0 Å². The van der Waals surface area contributed by atoms with Crippen molar-refractivity contribution >= 4 is 44.7 Å². The van der Waals surface area contributed by atoms with Crippen LogP contribution in [0.1, 0.15) is 20.8 Å². The lowest BCUT2D eigenvalue weighted by molar-refractivity contribution is -0.128. The molecule has 0 bridgehead atoms. The average molecular weight is 368 g/mol. The van der Waals surface area contributed by atoms with Gasteiger partial charge in [-0.2, -0.15) is 0 Å². The second kappa shape index (κ2) is 7.43. The maximum atomic E-state index is 12.6. The number of amides is 2. The van der Waals surface area contributed by atoms with Crippen molar-refractivity contribution in [3.63, 3.8) is 0 Å². The van der Waals surface area contributed by atoms with Crippen LogP contribution in [0.4, 0.5) is 0 Å². The lowest BCUT2D eigenvalue weighted by atomic mass is 10.2. The van der Waals surface area contributed by atoms with E-state index in [0.29, 0.717) is 11.7 Å². The Bertz CT molecular complexity index is 682. The van der Waals surface area contributed by atoms with Crippen molar-refractivity contribution in [1.82, 2.24) is 9.80 Å². The van der Waals surface area contributed by atoms with Crippen LogP contribution in [0.2, 0.25) is 0 Å². The largest absolute Gasteiger partial charge is 0.285 e. The van der Waals surface area contributed by atoms with Crippen molar-refractivity contribution in [1.29, 1.82) is 0 Å². The van der Waals surface area contributed by atoms with Crippen LogP contribution in [0, 0.1) is 0 Å². The second-order valence-electron chi connectivity index (χ2n) is 5.61. The smallest absolute Gasteiger partial charge is 0.247 e. The summed E-state index contributed by atoms with van der Waals surface area (Å²) in [7, 11) is -1.61. The molecular formula is C15H20N4O3S2. The highest BCUT2D eigenvalue weighted by molar-refractivity contribution is 8.15. The van der Waals surface area contributed by atoms with Crippen molar-refractivity contribution in [2.24, 2.45) is 10.2 Å². The summed E-state index contributed by atoms with van der Waals surface area (Å²) in [5.74, 6) is -0.0441. The molecule has 2 aliphatic rings. The standard InChI is InChI=1S/C15H20N4O3S2/c1-5-7-9-19-12(21)15(3,4)24(22)14(19)17-16-13-18(8-6-2)11(20)10-23-13/h5-7H,2,8-10H2,1,3-4H3. The van der Waals surface area contributed by atoms with Gasteiger partial charge in [0.2, 0.25) is 17.0 Å². The van der Waals surface area contributed by atoms with Crippen LogP contribution in [-0.4, -0.2) is 59.7 Å². The van der Waals surface area contributed by atoms with Crippen LogP contribution < -0.4 is 0 Å².